The van der Waals surface area contributed by atoms with Gasteiger partial charge in [-0.1, -0.05) is 24.0 Å². The van der Waals surface area contributed by atoms with Crippen molar-refractivity contribution in [3.8, 4) is 0 Å². The highest BCUT2D eigenvalue weighted by atomic mass is 32.2. The second-order valence-corrected chi connectivity index (χ2v) is 6.47. The third kappa shape index (κ3) is 4.15. The van der Waals surface area contributed by atoms with Crippen molar-refractivity contribution in [2.75, 3.05) is 6.54 Å². The minimum Gasteiger partial charge on any atom is -0.481 e. The average molecular weight is 370 g/mol. The van der Waals surface area contributed by atoms with Crippen molar-refractivity contribution in [1.82, 2.24) is 4.90 Å². The number of nitro groups is 1. The molecule has 1 aliphatic heterocycles. The number of amides is 1. The van der Waals surface area contributed by atoms with Crippen LogP contribution in [0.3, 0.4) is 0 Å². The fraction of sp³-hybridized carbons (Fsp3) is 0.214. The second-order valence-electron chi connectivity index (χ2n) is 4.79. The van der Waals surface area contributed by atoms with E-state index in [0.29, 0.717) is 0 Å². The van der Waals surface area contributed by atoms with Gasteiger partial charge in [0.05, 0.1) is 9.83 Å². The van der Waals surface area contributed by atoms with Gasteiger partial charge in [-0.3, -0.25) is 24.6 Å². The Kier molecular flexibility index (Phi) is 5.62. The normalized spacial score (nSPS) is 16.0. The number of hydrogen-bond donors (Lipinski definition) is 1. The molecular weight excluding hydrogens is 359 g/mol. The van der Waals surface area contributed by atoms with Crippen LogP contribution in [0.1, 0.15) is 18.4 Å². The van der Waals surface area contributed by atoms with Crippen LogP contribution >= 0.6 is 24.0 Å². The summed E-state index contributed by atoms with van der Waals surface area (Å²) in [6.07, 6.45) is 1.34. The van der Waals surface area contributed by atoms with Gasteiger partial charge in [-0.2, -0.15) is 0 Å². The van der Waals surface area contributed by atoms with E-state index in [-0.39, 0.29) is 39.9 Å². The highest BCUT2D eigenvalue weighted by Crippen LogP contribution is 2.33. The predicted octanol–water partition coefficient (Wildman–Crippen LogP) is 2.80. The quantitative estimate of drug-likeness (QED) is 0.356. The second kappa shape index (κ2) is 7.49. The van der Waals surface area contributed by atoms with Gasteiger partial charge in [0.1, 0.15) is 10.1 Å². The van der Waals surface area contributed by atoms with E-state index in [1.165, 1.54) is 11.0 Å². The lowest BCUT2D eigenvalue weighted by molar-refractivity contribution is -0.384. The fourth-order valence-electron chi connectivity index (χ4n) is 1.98. The Labute approximate surface area is 145 Å². The van der Waals surface area contributed by atoms with Crippen molar-refractivity contribution in [1.29, 1.82) is 0 Å². The highest BCUT2D eigenvalue weighted by Gasteiger charge is 2.32. The molecule has 1 aromatic carbocycles. The summed E-state index contributed by atoms with van der Waals surface area (Å²) >= 11 is 6.01. The lowest BCUT2D eigenvalue weighted by Gasteiger charge is -2.13. The van der Waals surface area contributed by atoms with E-state index >= 15 is 0 Å². The van der Waals surface area contributed by atoms with E-state index in [0.717, 1.165) is 30.0 Å². The van der Waals surface area contributed by atoms with E-state index < -0.39 is 22.6 Å². The van der Waals surface area contributed by atoms with Crippen molar-refractivity contribution < 1.29 is 24.0 Å². The maximum Gasteiger partial charge on any atom is 0.303 e. The maximum atomic E-state index is 13.8. The predicted molar refractivity (Wildman–Crippen MR) is 89.8 cm³/mol. The van der Waals surface area contributed by atoms with E-state index in [1.54, 1.807) is 0 Å². The zero-order valence-corrected chi connectivity index (χ0v) is 13.7. The molecule has 10 heteroatoms. The number of aliphatic carboxylic acids is 1. The Bertz CT molecular complexity index is 766. The molecule has 0 unspecified atom stereocenters. The number of thioether (sulfide) groups is 1. The van der Waals surface area contributed by atoms with Gasteiger partial charge in [-0.15, -0.1) is 0 Å². The number of nitrogens with zero attached hydrogens (tertiary/aromatic N) is 2. The number of rotatable bonds is 6. The van der Waals surface area contributed by atoms with Gasteiger partial charge < -0.3 is 5.11 Å². The van der Waals surface area contributed by atoms with E-state index in [1.807, 2.05) is 0 Å². The average Bonchev–Trinajstić information content (AvgIpc) is 2.76. The third-order valence-corrected chi connectivity index (χ3v) is 4.50. The van der Waals surface area contributed by atoms with Crippen molar-refractivity contribution in [3.05, 3.63) is 44.6 Å². The van der Waals surface area contributed by atoms with Crippen LogP contribution in [0.5, 0.6) is 0 Å². The lowest BCUT2D eigenvalue weighted by Crippen LogP contribution is -2.29. The molecule has 0 radical (unpaired) electrons. The summed E-state index contributed by atoms with van der Waals surface area (Å²) in [7, 11) is 0. The molecule has 1 aromatic rings. The van der Waals surface area contributed by atoms with Gasteiger partial charge in [0, 0.05) is 30.7 Å². The maximum absolute atomic E-state index is 13.8. The smallest absolute Gasteiger partial charge is 0.303 e. The Morgan fingerprint density at radius 1 is 1.50 bits per heavy atom. The van der Waals surface area contributed by atoms with Crippen molar-refractivity contribution in [2.45, 2.75) is 12.8 Å². The summed E-state index contributed by atoms with van der Waals surface area (Å²) in [4.78, 5) is 34.3. The molecule has 1 heterocycles. The van der Waals surface area contributed by atoms with Gasteiger partial charge in [0.15, 0.2) is 0 Å². The zero-order chi connectivity index (χ0) is 17.9. The van der Waals surface area contributed by atoms with E-state index in [4.69, 9.17) is 17.3 Å². The molecule has 0 bridgehead atoms. The van der Waals surface area contributed by atoms with Crippen molar-refractivity contribution >= 4 is 51.9 Å². The summed E-state index contributed by atoms with van der Waals surface area (Å²) in [6.45, 7) is 0.145. The summed E-state index contributed by atoms with van der Waals surface area (Å²) < 4.78 is 14.0. The largest absolute Gasteiger partial charge is 0.481 e. The molecule has 7 nitrogen and oxygen atoms in total. The van der Waals surface area contributed by atoms with Gasteiger partial charge in [0.2, 0.25) is 0 Å². The number of nitro benzene ring substituents is 1. The monoisotopic (exact) mass is 370 g/mol. The van der Waals surface area contributed by atoms with Gasteiger partial charge >= 0.3 is 5.97 Å². The highest BCUT2D eigenvalue weighted by molar-refractivity contribution is 8.26. The fourth-order valence-corrected chi connectivity index (χ4v) is 3.28. The number of carboxylic acid groups (broad SMARTS) is 1. The molecule has 2 rings (SSSR count). The number of benzene rings is 1. The van der Waals surface area contributed by atoms with Gasteiger partial charge in [0.25, 0.3) is 11.6 Å². The molecule has 0 spiro atoms. The number of halogens is 1. The number of carboxylic acids is 1. The molecule has 1 fully saturated rings. The molecule has 1 N–H and O–H groups in total. The van der Waals surface area contributed by atoms with Crippen LogP contribution in [0.15, 0.2) is 23.1 Å². The Morgan fingerprint density at radius 3 is 2.83 bits per heavy atom. The first-order valence-corrected chi connectivity index (χ1v) is 7.93. The molecule has 0 saturated carbocycles. The summed E-state index contributed by atoms with van der Waals surface area (Å²) in [6, 6.07) is 3.02. The third-order valence-electron chi connectivity index (χ3n) is 3.12. The van der Waals surface area contributed by atoms with Crippen LogP contribution in [0, 0.1) is 15.9 Å². The molecule has 1 amide bonds. The SMILES string of the molecule is O=C(O)CCCN1C(=O)C(=Cc2cc([N+](=O)[O-])ccc2F)SC1=S. The first kappa shape index (κ1) is 18.0. The molecule has 24 heavy (non-hydrogen) atoms. The van der Waals surface area contributed by atoms with Crippen molar-refractivity contribution in [3.63, 3.8) is 0 Å². The number of carbonyl (C=O) groups is 2. The van der Waals surface area contributed by atoms with Crippen LogP contribution in [0.4, 0.5) is 10.1 Å². The summed E-state index contributed by atoms with van der Waals surface area (Å²) in [5.41, 5.74) is -0.380. The molecule has 1 saturated heterocycles. The topological polar surface area (TPSA) is 101 Å². The summed E-state index contributed by atoms with van der Waals surface area (Å²) in [5, 5.41) is 19.4. The Balaban J connectivity index is 2.21. The van der Waals surface area contributed by atoms with Crippen LogP contribution in [-0.4, -0.2) is 37.7 Å². The number of carbonyl (C=O) groups excluding carboxylic acids is 1. The zero-order valence-electron chi connectivity index (χ0n) is 12.1. The van der Waals surface area contributed by atoms with Crippen LogP contribution in [0.2, 0.25) is 0 Å². The van der Waals surface area contributed by atoms with Gasteiger partial charge in [-0.05, 0) is 18.6 Å². The van der Waals surface area contributed by atoms with Crippen LogP contribution in [0.25, 0.3) is 6.08 Å². The molecule has 0 aromatic heterocycles. The lowest BCUT2D eigenvalue weighted by atomic mass is 10.1. The Morgan fingerprint density at radius 2 is 2.21 bits per heavy atom. The number of non-ortho nitro benzene ring substituents is 1. The van der Waals surface area contributed by atoms with Crippen LogP contribution in [-0.2, 0) is 9.59 Å². The van der Waals surface area contributed by atoms with Gasteiger partial charge in [-0.25, -0.2) is 4.39 Å². The number of hydrogen-bond acceptors (Lipinski definition) is 6. The molecular formula is C14H11FN2O5S2. The minimum atomic E-state index is -0.977. The standard InChI is InChI=1S/C14H11FN2O5S2/c15-10-4-3-9(17(21)22)6-8(10)7-11-13(20)16(14(23)24-11)5-1-2-12(18)19/h3-4,6-7H,1-2,5H2,(H,18,19). The molecule has 126 valence electrons. The first-order chi connectivity index (χ1) is 11.3. The van der Waals surface area contributed by atoms with Crippen LogP contribution < -0.4 is 0 Å². The first-order valence-electron chi connectivity index (χ1n) is 6.70. The molecule has 0 aliphatic carbocycles. The number of thiocarbonyl (C=S) groups is 1. The Hall–Kier alpha value is -2.33. The molecule has 0 atom stereocenters. The minimum absolute atomic E-state index is 0.0877. The summed E-state index contributed by atoms with van der Waals surface area (Å²) in [5.74, 6) is -2.15. The van der Waals surface area contributed by atoms with Crippen molar-refractivity contribution in [2.24, 2.45) is 0 Å². The van der Waals surface area contributed by atoms with E-state index in [2.05, 4.69) is 0 Å². The molecule has 1 aliphatic rings. The van der Waals surface area contributed by atoms with E-state index in [9.17, 15) is 24.1 Å².